The number of nitrogens with one attached hydrogen (secondary N) is 1. The molecule has 1 aromatic carbocycles. The molecule has 7 heteroatoms. The molecule has 2 N–H and O–H groups in total. The number of benzene rings is 1. The van der Waals surface area contributed by atoms with Crippen molar-refractivity contribution < 1.29 is 9.90 Å². The van der Waals surface area contributed by atoms with E-state index in [0.717, 1.165) is 16.5 Å². The standard InChI is InChI=1S/C17H12N4O3/c22-16-15-14(12(7-19-15)17(23)24)20-9-21(16)8-13-11-4-2-1-3-10(11)5-6-18-13/h1-7,9,19H,8H2,(H,23,24). The fourth-order valence-electron chi connectivity index (χ4n) is 2.78. The molecule has 0 spiro atoms. The highest BCUT2D eigenvalue weighted by atomic mass is 16.4. The molecule has 0 saturated heterocycles. The van der Waals surface area contributed by atoms with Crippen molar-refractivity contribution in [1.29, 1.82) is 0 Å². The lowest BCUT2D eigenvalue weighted by atomic mass is 10.1. The molecule has 0 aliphatic heterocycles. The lowest BCUT2D eigenvalue weighted by molar-refractivity contribution is 0.0699. The third kappa shape index (κ3) is 2.14. The second-order valence-corrected chi connectivity index (χ2v) is 5.39. The number of nitrogens with zero attached hydrogens (tertiary/aromatic N) is 3. The smallest absolute Gasteiger partial charge is 0.339 e. The van der Waals surface area contributed by atoms with Gasteiger partial charge in [0.05, 0.1) is 18.6 Å². The van der Waals surface area contributed by atoms with E-state index in [4.69, 9.17) is 5.11 Å². The van der Waals surface area contributed by atoms with E-state index in [1.807, 2.05) is 30.3 Å². The van der Waals surface area contributed by atoms with Gasteiger partial charge in [-0.15, -0.1) is 0 Å². The van der Waals surface area contributed by atoms with Gasteiger partial charge in [-0.05, 0) is 11.5 Å². The number of rotatable bonds is 3. The third-order valence-electron chi connectivity index (χ3n) is 3.96. The number of carbonyl (C=O) groups is 1. The van der Waals surface area contributed by atoms with Gasteiger partial charge in [-0.25, -0.2) is 9.78 Å². The average molecular weight is 320 g/mol. The normalized spacial score (nSPS) is 11.2. The van der Waals surface area contributed by atoms with Crippen molar-refractivity contribution in [2.75, 3.05) is 0 Å². The minimum absolute atomic E-state index is 0.0162. The van der Waals surface area contributed by atoms with Crippen LogP contribution in [0.15, 0.2) is 53.8 Å². The Bertz CT molecular complexity index is 1140. The maximum absolute atomic E-state index is 12.6. The van der Waals surface area contributed by atoms with Gasteiger partial charge in [0.15, 0.2) is 0 Å². The van der Waals surface area contributed by atoms with Crippen molar-refractivity contribution in [1.82, 2.24) is 19.5 Å². The number of pyridine rings is 1. The lowest BCUT2D eigenvalue weighted by Gasteiger charge is -2.08. The van der Waals surface area contributed by atoms with Crippen molar-refractivity contribution in [3.63, 3.8) is 0 Å². The number of aromatic amines is 1. The fraction of sp³-hybridized carbons (Fsp3) is 0.0588. The second kappa shape index (κ2) is 5.31. The topological polar surface area (TPSA) is 101 Å². The fourth-order valence-corrected chi connectivity index (χ4v) is 2.78. The van der Waals surface area contributed by atoms with Gasteiger partial charge in [0, 0.05) is 17.8 Å². The Kier molecular flexibility index (Phi) is 3.13. The van der Waals surface area contributed by atoms with E-state index >= 15 is 0 Å². The van der Waals surface area contributed by atoms with E-state index in [1.165, 1.54) is 17.1 Å². The minimum Gasteiger partial charge on any atom is -0.478 e. The molecule has 3 aromatic heterocycles. The zero-order chi connectivity index (χ0) is 16.7. The molecule has 0 amide bonds. The van der Waals surface area contributed by atoms with Crippen LogP contribution in [0.4, 0.5) is 0 Å². The van der Waals surface area contributed by atoms with Gasteiger partial charge in [0.2, 0.25) is 0 Å². The predicted octanol–water partition coefficient (Wildman–Crippen LogP) is 2.02. The maximum Gasteiger partial charge on any atom is 0.339 e. The molecule has 0 saturated carbocycles. The van der Waals surface area contributed by atoms with Crippen LogP contribution in [0.5, 0.6) is 0 Å². The summed E-state index contributed by atoms with van der Waals surface area (Å²) in [6, 6.07) is 9.70. The molecule has 0 aliphatic carbocycles. The highest BCUT2D eigenvalue weighted by Crippen LogP contribution is 2.17. The molecule has 4 rings (SSSR count). The molecular formula is C17H12N4O3. The summed E-state index contributed by atoms with van der Waals surface area (Å²) in [6.45, 7) is 0.255. The molecule has 7 nitrogen and oxygen atoms in total. The molecule has 0 unspecified atom stereocenters. The van der Waals surface area contributed by atoms with Crippen LogP contribution in [-0.4, -0.2) is 30.6 Å². The quantitative estimate of drug-likeness (QED) is 0.601. The number of carboxylic acid groups (broad SMARTS) is 1. The van der Waals surface area contributed by atoms with Gasteiger partial charge < -0.3 is 10.1 Å². The summed E-state index contributed by atoms with van der Waals surface area (Å²) < 4.78 is 1.42. The molecule has 24 heavy (non-hydrogen) atoms. The average Bonchev–Trinajstić information content (AvgIpc) is 3.03. The molecule has 0 aliphatic rings. The third-order valence-corrected chi connectivity index (χ3v) is 3.96. The van der Waals surface area contributed by atoms with E-state index in [0.29, 0.717) is 0 Å². The Labute approximate surface area is 135 Å². The highest BCUT2D eigenvalue weighted by Gasteiger charge is 2.15. The number of carboxylic acids is 1. The first-order valence-electron chi connectivity index (χ1n) is 7.27. The van der Waals surface area contributed by atoms with Gasteiger partial charge in [-0.2, -0.15) is 0 Å². The van der Waals surface area contributed by atoms with Crippen molar-refractivity contribution in [2.24, 2.45) is 0 Å². The monoisotopic (exact) mass is 320 g/mol. The first kappa shape index (κ1) is 14.1. The van der Waals surface area contributed by atoms with E-state index < -0.39 is 5.97 Å². The summed E-state index contributed by atoms with van der Waals surface area (Å²) in [5, 5.41) is 11.1. The van der Waals surface area contributed by atoms with Crippen LogP contribution in [0.2, 0.25) is 0 Å². The van der Waals surface area contributed by atoms with Gasteiger partial charge in [0.1, 0.15) is 16.6 Å². The maximum atomic E-state index is 12.6. The zero-order valence-electron chi connectivity index (χ0n) is 12.4. The van der Waals surface area contributed by atoms with Gasteiger partial charge in [-0.3, -0.25) is 14.3 Å². The molecular weight excluding hydrogens is 308 g/mol. The van der Waals surface area contributed by atoms with Crippen molar-refractivity contribution in [2.45, 2.75) is 6.54 Å². The van der Waals surface area contributed by atoms with Crippen LogP contribution in [0, 0.1) is 0 Å². The Morgan fingerprint density at radius 1 is 1.21 bits per heavy atom. The van der Waals surface area contributed by atoms with Crippen molar-refractivity contribution in [3.05, 3.63) is 70.7 Å². The van der Waals surface area contributed by atoms with Gasteiger partial charge >= 0.3 is 5.97 Å². The highest BCUT2D eigenvalue weighted by molar-refractivity contribution is 6.00. The number of hydrogen-bond acceptors (Lipinski definition) is 4. The summed E-state index contributed by atoms with van der Waals surface area (Å²) in [4.78, 5) is 34.9. The van der Waals surface area contributed by atoms with Gasteiger partial charge in [-0.1, -0.05) is 24.3 Å². The van der Waals surface area contributed by atoms with E-state index in [9.17, 15) is 9.59 Å². The van der Waals surface area contributed by atoms with Crippen LogP contribution in [-0.2, 0) is 6.54 Å². The van der Waals surface area contributed by atoms with E-state index in [1.54, 1.807) is 6.20 Å². The van der Waals surface area contributed by atoms with Crippen LogP contribution in [0.3, 0.4) is 0 Å². The summed E-state index contributed by atoms with van der Waals surface area (Å²) in [6.07, 6.45) is 4.34. The molecule has 0 fully saturated rings. The Hall–Kier alpha value is -3.48. The SMILES string of the molecule is O=C(O)c1c[nH]c2c(=O)n(Cc3nccc4ccccc34)cnc12. The van der Waals surface area contributed by atoms with Crippen molar-refractivity contribution in [3.8, 4) is 0 Å². The number of hydrogen-bond donors (Lipinski definition) is 2. The second-order valence-electron chi connectivity index (χ2n) is 5.39. The zero-order valence-corrected chi connectivity index (χ0v) is 12.4. The van der Waals surface area contributed by atoms with Crippen molar-refractivity contribution >= 4 is 27.8 Å². The lowest BCUT2D eigenvalue weighted by Crippen LogP contribution is -2.22. The minimum atomic E-state index is -1.12. The van der Waals surface area contributed by atoms with Crippen LogP contribution in [0.25, 0.3) is 21.8 Å². The molecule has 0 radical (unpaired) electrons. The Morgan fingerprint density at radius 3 is 2.88 bits per heavy atom. The summed E-state index contributed by atoms with van der Waals surface area (Å²) in [7, 11) is 0. The number of H-pyrrole nitrogens is 1. The molecule has 3 heterocycles. The first-order chi connectivity index (χ1) is 11.6. The van der Waals surface area contributed by atoms with Gasteiger partial charge in [0.25, 0.3) is 5.56 Å². The summed E-state index contributed by atoms with van der Waals surface area (Å²) in [5.74, 6) is -1.12. The van der Waals surface area contributed by atoms with Crippen LogP contribution in [0.1, 0.15) is 16.1 Å². The molecule has 118 valence electrons. The summed E-state index contributed by atoms with van der Waals surface area (Å²) in [5.41, 5.74) is 0.742. The van der Waals surface area contributed by atoms with Crippen LogP contribution < -0.4 is 5.56 Å². The number of fused-ring (bicyclic) bond motifs is 2. The molecule has 0 bridgehead atoms. The van der Waals surface area contributed by atoms with E-state index in [-0.39, 0.29) is 28.7 Å². The largest absolute Gasteiger partial charge is 0.478 e. The molecule has 0 atom stereocenters. The van der Waals surface area contributed by atoms with E-state index in [2.05, 4.69) is 15.0 Å². The molecule has 4 aromatic rings. The first-order valence-corrected chi connectivity index (χ1v) is 7.27. The predicted molar refractivity (Wildman–Crippen MR) is 88.2 cm³/mol. The summed E-state index contributed by atoms with van der Waals surface area (Å²) >= 11 is 0. The Morgan fingerprint density at radius 2 is 2.04 bits per heavy atom. The number of aromatic nitrogens is 4. The number of aromatic carboxylic acids is 1. The Balaban J connectivity index is 1.84. The van der Waals surface area contributed by atoms with Crippen LogP contribution >= 0.6 is 0 Å².